The lowest BCUT2D eigenvalue weighted by Gasteiger charge is -2.42. The number of ether oxygens (including phenoxy) is 2. The molecule has 0 radical (unpaired) electrons. The highest BCUT2D eigenvalue weighted by Gasteiger charge is 2.35. The molecule has 1 aliphatic heterocycles. The van der Waals surface area contributed by atoms with E-state index in [4.69, 9.17) is 9.47 Å². The lowest BCUT2D eigenvalue weighted by Crippen LogP contribution is -2.48. The summed E-state index contributed by atoms with van der Waals surface area (Å²) in [6, 6.07) is 10.7. The Morgan fingerprint density at radius 1 is 1.20 bits per heavy atom. The predicted molar refractivity (Wildman–Crippen MR) is 115 cm³/mol. The lowest BCUT2D eigenvalue weighted by atomic mass is 9.86. The number of benzene rings is 2. The number of nitrogens with zero attached hydrogens (tertiary/aromatic N) is 1. The summed E-state index contributed by atoms with van der Waals surface area (Å²) < 4.78 is 24.8. The number of methoxy groups -OCH3 is 2. The van der Waals surface area contributed by atoms with Crippen LogP contribution in [-0.4, -0.2) is 37.6 Å². The van der Waals surface area contributed by atoms with Crippen LogP contribution < -0.4 is 14.8 Å². The first-order chi connectivity index (χ1) is 14.5. The van der Waals surface area contributed by atoms with Gasteiger partial charge in [-0.1, -0.05) is 26.0 Å². The first-order valence-electron chi connectivity index (χ1n) is 10.5. The van der Waals surface area contributed by atoms with Crippen LogP contribution in [0.15, 0.2) is 36.4 Å². The Labute approximate surface area is 178 Å². The number of hydrogen-bond donors (Lipinski definition) is 1. The van der Waals surface area contributed by atoms with Crippen molar-refractivity contribution in [3.05, 3.63) is 58.9 Å². The van der Waals surface area contributed by atoms with Crippen LogP contribution >= 0.6 is 0 Å². The smallest absolute Gasteiger partial charge is 0.219 e. The highest BCUT2D eigenvalue weighted by Crippen LogP contribution is 2.40. The number of halogens is 1. The highest BCUT2D eigenvalue weighted by molar-refractivity contribution is 5.76. The number of amides is 1. The number of hydrogen-bond acceptors (Lipinski definition) is 4. The van der Waals surface area contributed by atoms with E-state index in [1.807, 2.05) is 25.1 Å². The molecular formula is C24H31FN2O3. The van der Waals surface area contributed by atoms with E-state index in [2.05, 4.69) is 17.1 Å². The van der Waals surface area contributed by atoms with Gasteiger partial charge in [0.2, 0.25) is 5.91 Å². The van der Waals surface area contributed by atoms with Crippen LogP contribution in [0.1, 0.15) is 49.4 Å². The molecule has 0 bridgehead atoms. The highest BCUT2D eigenvalue weighted by atomic mass is 19.1. The van der Waals surface area contributed by atoms with Gasteiger partial charge in [-0.15, -0.1) is 0 Å². The summed E-state index contributed by atoms with van der Waals surface area (Å²) in [5.41, 5.74) is 3.23. The largest absolute Gasteiger partial charge is 0.493 e. The minimum Gasteiger partial charge on any atom is -0.493 e. The van der Waals surface area contributed by atoms with Crippen molar-refractivity contribution in [1.82, 2.24) is 10.2 Å². The molecule has 5 nitrogen and oxygen atoms in total. The Bertz CT molecular complexity index is 887. The second-order valence-corrected chi connectivity index (χ2v) is 7.64. The predicted octanol–water partition coefficient (Wildman–Crippen LogP) is 4.25. The van der Waals surface area contributed by atoms with Gasteiger partial charge in [0.1, 0.15) is 5.82 Å². The van der Waals surface area contributed by atoms with Gasteiger partial charge in [-0.3, -0.25) is 9.69 Å². The fraction of sp³-hybridized carbons (Fsp3) is 0.458. The van der Waals surface area contributed by atoms with Gasteiger partial charge < -0.3 is 14.8 Å². The summed E-state index contributed by atoms with van der Waals surface area (Å²) in [7, 11) is 3.26. The molecule has 1 amide bonds. The van der Waals surface area contributed by atoms with Gasteiger partial charge >= 0.3 is 0 Å². The SMILES string of the molecule is CCC(=O)N[C@H](CC)[C@H]1c2cc(OC)c(OC)cc2CCN1Cc1cccc(F)c1. The van der Waals surface area contributed by atoms with E-state index in [0.717, 1.165) is 30.5 Å². The van der Waals surface area contributed by atoms with E-state index >= 15 is 0 Å². The summed E-state index contributed by atoms with van der Waals surface area (Å²) in [5, 5.41) is 3.19. The maximum absolute atomic E-state index is 13.8. The van der Waals surface area contributed by atoms with Gasteiger partial charge in [0.25, 0.3) is 0 Å². The third-order valence-electron chi connectivity index (χ3n) is 5.79. The summed E-state index contributed by atoms with van der Waals surface area (Å²) >= 11 is 0. The van der Waals surface area contributed by atoms with Gasteiger partial charge in [-0.25, -0.2) is 4.39 Å². The third kappa shape index (κ3) is 4.75. The van der Waals surface area contributed by atoms with Crippen molar-refractivity contribution in [2.24, 2.45) is 0 Å². The molecule has 0 saturated carbocycles. The normalized spacial score (nSPS) is 17.2. The Balaban J connectivity index is 2.03. The van der Waals surface area contributed by atoms with Crippen LogP contribution in [0.3, 0.4) is 0 Å². The van der Waals surface area contributed by atoms with Crippen molar-refractivity contribution < 1.29 is 18.7 Å². The van der Waals surface area contributed by atoms with Crippen molar-refractivity contribution in [2.75, 3.05) is 20.8 Å². The molecule has 0 aromatic heterocycles. The Kier molecular flexibility index (Phi) is 7.32. The molecule has 162 valence electrons. The average molecular weight is 415 g/mol. The van der Waals surface area contributed by atoms with Crippen LogP contribution in [0.2, 0.25) is 0 Å². The summed E-state index contributed by atoms with van der Waals surface area (Å²) in [5.74, 6) is 1.17. The first kappa shape index (κ1) is 22.1. The van der Waals surface area contributed by atoms with E-state index < -0.39 is 0 Å². The van der Waals surface area contributed by atoms with E-state index in [1.165, 1.54) is 11.6 Å². The molecular weight excluding hydrogens is 383 g/mol. The molecule has 0 unspecified atom stereocenters. The standard InChI is InChI=1S/C24H31FN2O3/c1-5-20(26-23(28)6-2)24-19-14-22(30-4)21(29-3)13-17(19)10-11-27(24)15-16-8-7-9-18(25)12-16/h7-9,12-14,20,24H,5-6,10-11,15H2,1-4H3,(H,26,28)/t20-,24-/m1/s1. The number of carbonyl (C=O) groups is 1. The summed E-state index contributed by atoms with van der Waals surface area (Å²) in [6.07, 6.45) is 2.06. The van der Waals surface area contributed by atoms with E-state index in [9.17, 15) is 9.18 Å². The number of fused-ring (bicyclic) bond motifs is 1. The molecule has 1 N–H and O–H groups in total. The van der Waals surface area contributed by atoms with Crippen molar-refractivity contribution >= 4 is 5.91 Å². The molecule has 6 heteroatoms. The molecule has 3 rings (SSSR count). The van der Waals surface area contributed by atoms with E-state index in [-0.39, 0.29) is 23.8 Å². The maximum atomic E-state index is 13.8. The molecule has 1 aliphatic rings. The number of rotatable bonds is 8. The second kappa shape index (κ2) is 9.94. The monoisotopic (exact) mass is 414 g/mol. The first-order valence-corrected chi connectivity index (χ1v) is 10.5. The topological polar surface area (TPSA) is 50.8 Å². The Hall–Kier alpha value is -2.60. The van der Waals surface area contributed by atoms with Gasteiger partial charge in [-0.2, -0.15) is 0 Å². The van der Waals surface area contributed by atoms with Crippen molar-refractivity contribution in [3.8, 4) is 11.5 Å². The van der Waals surface area contributed by atoms with Gasteiger partial charge in [0.15, 0.2) is 11.5 Å². The van der Waals surface area contributed by atoms with Crippen LogP contribution in [0.5, 0.6) is 11.5 Å². The Morgan fingerprint density at radius 2 is 1.93 bits per heavy atom. The molecule has 0 fully saturated rings. The molecule has 0 aliphatic carbocycles. The lowest BCUT2D eigenvalue weighted by molar-refractivity contribution is -0.122. The molecule has 0 spiro atoms. The number of nitrogens with one attached hydrogen (secondary N) is 1. The maximum Gasteiger partial charge on any atom is 0.219 e. The van der Waals surface area contributed by atoms with Crippen molar-refractivity contribution in [1.29, 1.82) is 0 Å². The van der Waals surface area contributed by atoms with Crippen LogP contribution in [0.4, 0.5) is 4.39 Å². The molecule has 2 aromatic carbocycles. The minimum atomic E-state index is -0.237. The van der Waals surface area contributed by atoms with Crippen molar-refractivity contribution in [3.63, 3.8) is 0 Å². The quantitative estimate of drug-likeness (QED) is 0.702. The fourth-order valence-electron chi connectivity index (χ4n) is 4.26. The fourth-order valence-corrected chi connectivity index (χ4v) is 4.26. The second-order valence-electron chi connectivity index (χ2n) is 7.64. The number of carbonyl (C=O) groups excluding carboxylic acids is 1. The van der Waals surface area contributed by atoms with Crippen molar-refractivity contribution in [2.45, 2.75) is 51.7 Å². The third-order valence-corrected chi connectivity index (χ3v) is 5.79. The van der Waals surface area contributed by atoms with Gasteiger partial charge in [0.05, 0.1) is 20.3 Å². The summed E-state index contributed by atoms with van der Waals surface area (Å²) in [6.45, 7) is 5.35. The van der Waals surface area contributed by atoms with Gasteiger partial charge in [-0.05, 0) is 53.8 Å². The molecule has 30 heavy (non-hydrogen) atoms. The zero-order valence-corrected chi connectivity index (χ0v) is 18.2. The van der Waals surface area contributed by atoms with Crippen LogP contribution in [0.25, 0.3) is 0 Å². The van der Waals surface area contributed by atoms with Crippen LogP contribution in [0, 0.1) is 5.82 Å². The Morgan fingerprint density at radius 3 is 2.57 bits per heavy atom. The zero-order chi connectivity index (χ0) is 21.7. The van der Waals surface area contributed by atoms with E-state index in [0.29, 0.717) is 24.5 Å². The zero-order valence-electron chi connectivity index (χ0n) is 18.2. The molecule has 2 aromatic rings. The average Bonchev–Trinajstić information content (AvgIpc) is 2.76. The summed E-state index contributed by atoms with van der Waals surface area (Å²) in [4.78, 5) is 14.6. The minimum absolute atomic E-state index is 0.0279. The molecule has 0 saturated heterocycles. The van der Waals surface area contributed by atoms with Crippen LogP contribution in [-0.2, 0) is 17.8 Å². The molecule has 1 heterocycles. The van der Waals surface area contributed by atoms with Gasteiger partial charge in [0, 0.05) is 25.6 Å². The molecule has 2 atom stereocenters. The van der Waals surface area contributed by atoms with E-state index in [1.54, 1.807) is 26.4 Å².